The van der Waals surface area contributed by atoms with Crippen molar-refractivity contribution in [1.29, 1.82) is 0 Å². The molecule has 4 aromatic heterocycles. The molecule has 7 nitrogen and oxygen atoms in total. The van der Waals surface area contributed by atoms with Gasteiger partial charge in [-0.3, -0.25) is 0 Å². The van der Waals surface area contributed by atoms with E-state index in [1.54, 1.807) is 4.68 Å². The van der Waals surface area contributed by atoms with E-state index in [0.29, 0.717) is 11.8 Å². The Morgan fingerprint density at radius 3 is 2.54 bits per heavy atom. The first-order valence-corrected chi connectivity index (χ1v) is 8.78. The molecule has 26 heavy (non-hydrogen) atoms. The normalized spacial score (nSPS) is 19.2. The molecule has 1 saturated carbocycles. The van der Waals surface area contributed by atoms with E-state index >= 15 is 0 Å². The molecular weight excluding hydrogens is 326 g/mol. The number of fused-ring (bicyclic) bond motifs is 1. The van der Waals surface area contributed by atoms with E-state index in [4.69, 9.17) is 4.98 Å². The highest BCUT2D eigenvalue weighted by molar-refractivity contribution is 5.43. The highest BCUT2D eigenvalue weighted by Crippen LogP contribution is 2.53. The number of pyridine rings is 1. The van der Waals surface area contributed by atoms with Crippen LogP contribution in [0.4, 0.5) is 0 Å². The van der Waals surface area contributed by atoms with Gasteiger partial charge >= 0.3 is 0 Å². The summed E-state index contributed by atoms with van der Waals surface area (Å²) in [4.78, 5) is 18.4. The summed E-state index contributed by atoms with van der Waals surface area (Å²) in [6.45, 7) is 5.75. The fraction of sp³-hybridized carbons (Fsp3) is 0.316. The van der Waals surface area contributed by atoms with Gasteiger partial charge in [0, 0.05) is 30.3 Å². The van der Waals surface area contributed by atoms with Crippen molar-refractivity contribution < 1.29 is 0 Å². The van der Waals surface area contributed by atoms with Gasteiger partial charge in [0.1, 0.15) is 23.1 Å². The number of aromatic nitrogens is 7. The zero-order valence-corrected chi connectivity index (χ0v) is 15.0. The highest BCUT2D eigenvalue weighted by atomic mass is 15.4. The average molecular weight is 345 g/mol. The number of hydrogen-bond donors (Lipinski definition) is 0. The van der Waals surface area contributed by atoms with Crippen LogP contribution in [0.15, 0.2) is 36.7 Å². The van der Waals surface area contributed by atoms with Crippen LogP contribution < -0.4 is 0 Å². The predicted molar refractivity (Wildman–Crippen MR) is 96.5 cm³/mol. The smallest absolute Gasteiger partial charge is 0.159 e. The third-order valence-electron chi connectivity index (χ3n) is 4.87. The molecule has 0 bridgehead atoms. The van der Waals surface area contributed by atoms with Crippen LogP contribution in [-0.2, 0) is 0 Å². The van der Waals surface area contributed by atoms with E-state index in [1.165, 1.54) is 0 Å². The third-order valence-corrected chi connectivity index (χ3v) is 4.87. The fourth-order valence-electron chi connectivity index (χ4n) is 3.59. The van der Waals surface area contributed by atoms with Crippen molar-refractivity contribution in [2.45, 2.75) is 39.0 Å². The molecule has 0 aromatic carbocycles. The molecule has 0 amide bonds. The minimum Gasteiger partial charge on any atom is -0.307 e. The van der Waals surface area contributed by atoms with Crippen molar-refractivity contribution in [3.05, 3.63) is 65.5 Å². The Bertz CT molecular complexity index is 1090. The van der Waals surface area contributed by atoms with Gasteiger partial charge in [-0.1, -0.05) is 6.07 Å². The maximum atomic E-state index is 4.76. The molecule has 0 radical (unpaired) electrons. The number of hydrogen-bond acceptors (Lipinski definition) is 5. The molecule has 2 atom stereocenters. The summed E-state index contributed by atoms with van der Waals surface area (Å²) in [5.41, 5.74) is 3.18. The predicted octanol–water partition coefficient (Wildman–Crippen LogP) is 2.90. The van der Waals surface area contributed by atoms with E-state index in [0.717, 1.165) is 46.7 Å². The van der Waals surface area contributed by atoms with E-state index in [9.17, 15) is 0 Å². The molecule has 1 unspecified atom stereocenters. The number of rotatable bonds is 3. The lowest BCUT2D eigenvalue weighted by Crippen LogP contribution is -2.06. The lowest BCUT2D eigenvalue weighted by atomic mass is 10.2. The SMILES string of the molecule is Cc1nc(C2C[C@H]2c2cn3ccccc3n2)cc(-n2nc(C)nc2C)n1. The quantitative estimate of drug-likeness (QED) is 0.571. The van der Waals surface area contributed by atoms with Gasteiger partial charge in [0.25, 0.3) is 0 Å². The van der Waals surface area contributed by atoms with Crippen molar-refractivity contribution in [1.82, 2.24) is 34.1 Å². The summed E-state index contributed by atoms with van der Waals surface area (Å²) in [6, 6.07) is 8.10. The number of aryl methyl sites for hydroxylation is 3. The van der Waals surface area contributed by atoms with Crippen LogP contribution in [-0.4, -0.2) is 34.1 Å². The van der Waals surface area contributed by atoms with Crippen LogP contribution in [0.2, 0.25) is 0 Å². The fourth-order valence-corrected chi connectivity index (χ4v) is 3.59. The Morgan fingerprint density at radius 1 is 0.923 bits per heavy atom. The molecule has 0 N–H and O–H groups in total. The Kier molecular flexibility index (Phi) is 3.19. The van der Waals surface area contributed by atoms with Gasteiger partial charge in [0.2, 0.25) is 0 Å². The molecule has 130 valence electrons. The molecule has 4 heterocycles. The second-order valence-corrected chi connectivity index (χ2v) is 6.90. The largest absolute Gasteiger partial charge is 0.307 e. The van der Waals surface area contributed by atoms with Gasteiger partial charge in [-0.2, -0.15) is 4.68 Å². The van der Waals surface area contributed by atoms with Crippen LogP contribution in [0.5, 0.6) is 0 Å². The van der Waals surface area contributed by atoms with Crippen molar-refractivity contribution in [3.8, 4) is 5.82 Å². The first-order valence-electron chi connectivity index (χ1n) is 8.78. The van der Waals surface area contributed by atoms with Gasteiger partial charge in [0.05, 0.1) is 11.4 Å². The Labute approximate surface area is 150 Å². The summed E-state index contributed by atoms with van der Waals surface area (Å²) >= 11 is 0. The lowest BCUT2D eigenvalue weighted by Gasteiger charge is -2.06. The Balaban J connectivity index is 1.48. The molecule has 0 aliphatic heterocycles. The summed E-state index contributed by atoms with van der Waals surface area (Å²) in [7, 11) is 0. The molecule has 1 aliphatic carbocycles. The van der Waals surface area contributed by atoms with Gasteiger partial charge < -0.3 is 4.40 Å². The zero-order valence-electron chi connectivity index (χ0n) is 15.0. The van der Waals surface area contributed by atoms with Crippen LogP contribution >= 0.6 is 0 Å². The number of imidazole rings is 1. The topological polar surface area (TPSA) is 73.8 Å². The van der Waals surface area contributed by atoms with E-state index in [1.807, 2.05) is 51.2 Å². The van der Waals surface area contributed by atoms with Crippen molar-refractivity contribution >= 4 is 5.65 Å². The molecule has 7 heteroatoms. The minimum atomic E-state index is 0.380. The first kappa shape index (κ1) is 15.2. The second-order valence-electron chi connectivity index (χ2n) is 6.90. The monoisotopic (exact) mass is 345 g/mol. The standard InChI is InChI=1S/C19H19N7/c1-11-21-16(9-19(22-11)26-13(3)20-12(2)24-26)14-8-15(14)17-10-25-7-5-4-6-18(25)23-17/h4-7,9-10,14-15H,8H2,1-3H3/t14?,15-/m1/s1. The molecule has 4 aromatic rings. The van der Waals surface area contributed by atoms with Crippen molar-refractivity contribution in [2.75, 3.05) is 0 Å². The van der Waals surface area contributed by atoms with Gasteiger partial charge in [-0.05, 0) is 39.3 Å². The van der Waals surface area contributed by atoms with Crippen molar-refractivity contribution in [3.63, 3.8) is 0 Å². The Morgan fingerprint density at radius 2 is 1.77 bits per heavy atom. The Hall–Kier alpha value is -3.09. The van der Waals surface area contributed by atoms with Crippen LogP contribution in [0.25, 0.3) is 11.5 Å². The lowest BCUT2D eigenvalue weighted by molar-refractivity contribution is 0.778. The van der Waals surface area contributed by atoms with E-state index < -0.39 is 0 Å². The van der Waals surface area contributed by atoms with E-state index in [2.05, 4.69) is 30.6 Å². The molecule has 1 fully saturated rings. The highest BCUT2D eigenvalue weighted by Gasteiger charge is 2.42. The first-order chi connectivity index (χ1) is 12.6. The van der Waals surface area contributed by atoms with Crippen molar-refractivity contribution in [2.24, 2.45) is 0 Å². The van der Waals surface area contributed by atoms with Crippen LogP contribution in [0.3, 0.4) is 0 Å². The third kappa shape index (κ3) is 2.47. The van der Waals surface area contributed by atoms with Crippen LogP contribution in [0.1, 0.15) is 47.1 Å². The van der Waals surface area contributed by atoms with Gasteiger partial charge in [-0.15, -0.1) is 5.10 Å². The summed E-state index contributed by atoms with van der Waals surface area (Å²) in [6.07, 6.45) is 5.22. The zero-order chi connectivity index (χ0) is 17.8. The molecule has 0 saturated heterocycles. The number of nitrogens with zero attached hydrogens (tertiary/aromatic N) is 7. The summed E-state index contributed by atoms with van der Waals surface area (Å²) in [5, 5.41) is 4.45. The molecule has 0 spiro atoms. The molecule has 5 rings (SSSR count). The van der Waals surface area contributed by atoms with E-state index in [-0.39, 0.29) is 0 Å². The van der Waals surface area contributed by atoms with Gasteiger partial charge in [-0.25, -0.2) is 19.9 Å². The maximum Gasteiger partial charge on any atom is 0.159 e. The summed E-state index contributed by atoms with van der Waals surface area (Å²) in [5.74, 6) is 3.91. The van der Waals surface area contributed by atoms with Crippen LogP contribution in [0, 0.1) is 20.8 Å². The second kappa shape index (κ2) is 5.45. The maximum absolute atomic E-state index is 4.76. The van der Waals surface area contributed by atoms with Gasteiger partial charge in [0.15, 0.2) is 5.82 Å². The summed E-state index contributed by atoms with van der Waals surface area (Å²) < 4.78 is 3.86. The average Bonchev–Trinajstić information content (AvgIpc) is 3.18. The molecule has 1 aliphatic rings. The molecular formula is C19H19N7. The minimum absolute atomic E-state index is 0.380.